The van der Waals surface area contributed by atoms with Crippen LogP contribution in [0.1, 0.15) is 5.56 Å². The van der Waals surface area contributed by atoms with Gasteiger partial charge >= 0.3 is 0 Å². The van der Waals surface area contributed by atoms with Crippen molar-refractivity contribution in [3.63, 3.8) is 0 Å². The fourth-order valence-electron chi connectivity index (χ4n) is 1.34. The van der Waals surface area contributed by atoms with Crippen molar-refractivity contribution < 1.29 is 8.76 Å². The van der Waals surface area contributed by atoms with Crippen molar-refractivity contribution in [1.82, 2.24) is 4.98 Å². The van der Waals surface area contributed by atoms with E-state index in [-0.39, 0.29) is 5.75 Å². The lowest BCUT2D eigenvalue weighted by Crippen LogP contribution is -1.92. The Balaban J connectivity index is 2.46. The summed E-state index contributed by atoms with van der Waals surface area (Å²) in [5, 5.41) is 1.04. The molecule has 0 saturated carbocycles. The minimum Gasteiger partial charge on any atom is -0.306 e. The summed E-state index contributed by atoms with van der Waals surface area (Å²) >= 11 is -1.79. The Morgan fingerprint density at radius 1 is 1.36 bits per heavy atom. The summed E-state index contributed by atoms with van der Waals surface area (Å²) in [6, 6.07) is 9.42. The van der Waals surface area contributed by atoms with Crippen molar-refractivity contribution in [1.29, 1.82) is 0 Å². The maximum Gasteiger partial charge on any atom is 0.157 e. The van der Waals surface area contributed by atoms with Gasteiger partial charge in [0, 0.05) is 11.6 Å². The van der Waals surface area contributed by atoms with E-state index in [2.05, 4.69) is 4.98 Å². The fourth-order valence-corrected chi connectivity index (χ4v) is 1.81. The molecule has 0 aliphatic rings. The Morgan fingerprint density at radius 3 is 3.00 bits per heavy atom. The highest BCUT2D eigenvalue weighted by molar-refractivity contribution is 7.78. The Hall–Kier alpha value is -1.26. The van der Waals surface area contributed by atoms with Crippen LogP contribution in [0.2, 0.25) is 0 Å². The van der Waals surface area contributed by atoms with Gasteiger partial charge in [-0.3, -0.25) is 4.98 Å². The molecule has 0 fully saturated rings. The van der Waals surface area contributed by atoms with E-state index in [0.717, 1.165) is 16.5 Å². The van der Waals surface area contributed by atoms with Crippen LogP contribution in [-0.2, 0) is 16.8 Å². The summed E-state index contributed by atoms with van der Waals surface area (Å²) < 4.78 is 19.3. The van der Waals surface area contributed by atoms with E-state index in [4.69, 9.17) is 4.55 Å². The minimum absolute atomic E-state index is 0.159. The largest absolute Gasteiger partial charge is 0.306 e. The van der Waals surface area contributed by atoms with E-state index >= 15 is 0 Å². The first-order valence-corrected chi connectivity index (χ1v) is 5.44. The van der Waals surface area contributed by atoms with Crippen LogP contribution in [0.15, 0.2) is 36.5 Å². The van der Waals surface area contributed by atoms with Gasteiger partial charge in [-0.2, -0.15) is 0 Å². The van der Waals surface area contributed by atoms with Gasteiger partial charge in [-0.05, 0) is 17.7 Å². The topological polar surface area (TPSA) is 50.2 Å². The smallest absolute Gasteiger partial charge is 0.157 e. The van der Waals surface area contributed by atoms with E-state index in [1.165, 1.54) is 0 Å². The lowest BCUT2D eigenvalue weighted by atomic mass is 10.1. The second-order valence-corrected chi connectivity index (χ2v) is 3.93. The predicted octanol–water partition coefficient (Wildman–Crippen LogP) is 1.96. The Bertz CT molecular complexity index is 484. The van der Waals surface area contributed by atoms with E-state index in [1.54, 1.807) is 6.20 Å². The zero-order valence-electron chi connectivity index (χ0n) is 7.38. The van der Waals surface area contributed by atoms with Crippen molar-refractivity contribution >= 4 is 22.0 Å². The molecule has 1 atom stereocenters. The molecule has 0 saturated heterocycles. The van der Waals surface area contributed by atoms with Crippen LogP contribution in [0.5, 0.6) is 0 Å². The molecule has 1 aromatic heterocycles. The van der Waals surface area contributed by atoms with Crippen LogP contribution in [0.3, 0.4) is 0 Å². The average Bonchev–Trinajstić information content (AvgIpc) is 2.17. The molecule has 72 valence electrons. The van der Waals surface area contributed by atoms with Gasteiger partial charge < -0.3 is 4.55 Å². The minimum atomic E-state index is -1.79. The van der Waals surface area contributed by atoms with Gasteiger partial charge in [0.2, 0.25) is 0 Å². The Kier molecular flexibility index (Phi) is 2.56. The third-order valence-electron chi connectivity index (χ3n) is 1.96. The second-order valence-electron chi connectivity index (χ2n) is 3.00. The lowest BCUT2D eigenvalue weighted by Gasteiger charge is -1.99. The molecule has 2 aromatic rings. The molecule has 1 N–H and O–H groups in total. The Labute approximate surface area is 84.1 Å². The van der Waals surface area contributed by atoms with Crippen molar-refractivity contribution in [2.45, 2.75) is 5.75 Å². The van der Waals surface area contributed by atoms with E-state index in [0.29, 0.717) is 0 Å². The lowest BCUT2D eigenvalue weighted by molar-refractivity contribution is 0.563. The van der Waals surface area contributed by atoms with Gasteiger partial charge in [-0.1, -0.05) is 18.2 Å². The number of nitrogens with zero attached hydrogens (tertiary/aromatic N) is 1. The van der Waals surface area contributed by atoms with Crippen LogP contribution >= 0.6 is 0 Å². The molecule has 0 aliphatic heterocycles. The van der Waals surface area contributed by atoms with Gasteiger partial charge in [-0.15, -0.1) is 0 Å². The van der Waals surface area contributed by atoms with E-state index < -0.39 is 11.1 Å². The van der Waals surface area contributed by atoms with Gasteiger partial charge in [-0.25, -0.2) is 4.21 Å². The molecule has 0 bridgehead atoms. The molecular formula is C10H9NO2S. The van der Waals surface area contributed by atoms with Crippen molar-refractivity contribution in [2.24, 2.45) is 0 Å². The molecule has 1 unspecified atom stereocenters. The van der Waals surface area contributed by atoms with Gasteiger partial charge in [0.15, 0.2) is 11.1 Å². The standard InChI is InChI=1S/C10H9NO2S/c12-14(13)7-8-3-4-9-2-1-5-11-10(9)6-8/h1-6H,7H2,(H,12,13). The van der Waals surface area contributed by atoms with Crippen molar-refractivity contribution in [3.8, 4) is 0 Å². The summed E-state index contributed by atoms with van der Waals surface area (Å²) in [5.74, 6) is 0.159. The van der Waals surface area contributed by atoms with E-state index in [1.807, 2.05) is 30.3 Å². The summed E-state index contributed by atoms with van der Waals surface area (Å²) in [4.78, 5) is 4.17. The van der Waals surface area contributed by atoms with Crippen LogP contribution in [-0.4, -0.2) is 13.7 Å². The first-order chi connectivity index (χ1) is 6.75. The highest BCUT2D eigenvalue weighted by Gasteiger charge is 1.99. The first kappa shape index (κ1) is 9.30. The predicted molar refractivity (Wildman–Crippen MR) is 56.2 cm³/mol. The normalized spacial score (nSPS) is 12.9. The summed E-state index contributed by atoms with van der Waals surface area (Å²) in [6.07, 6.45) is 1.71. The zero-order valence-corrected chi connectivity index (χ0v) is 8.20. The van der Waals surface area contributed by atoms with Crippen molar-refractivity contribution in [3.05, 3.63) is 42.1 Å². The SMILES string of the molecule is O=S(O)Cc1ccc2cccnc2c1. The summed E-state index contributed by atoms with van der Waals surface area (Å²) in [7, 11) is 0. The monoisotopic (exact) mass is 207 g/mol. The molecule has 0 aliphatic carbocycles. The molecular weight excluding hydrogens is 198 g/mol. The first-order valence-electron chi connectivity index (χ1n) is 4.17. The fraction of sp³-hybridized carbons (Fsp3) is 0.100. The summed E-state index contributed by atoms with van der Waals surface area (Å²) in [5.41, 5.74) is 1.69. The average molecular weight is 207 g/mol. The molecule has 0 spiro atoms. The van der Waals surface area contributed by atoms with E-state index in [9.17, 15) is 4.21 Å². The molecule has 2 rings (SSSR count). The Morgan fingerprint density at radius 2 is 2.21 bits per heavy atom. The third kappa shape index (κ3) is 1.97. The third-order valence-corrected chi connectivity index (χ3v) is 2.54. The zero-order chi connectivity index (χ0) is 9.97. The van der Waals surface area contributed by atoms with Gasteiger partial charge in [0.25, 0.3) is 0 Å². The highest BCUT2D eigenvalue weighted by Crippen LogP contribution is 2.13. The van der Waals surface area contributed by atoms with Crippen molar-refractivity contribution in [2.75, 3.05) is 0 Å². The number of hydrogen-bond donors (Lipinski definition) is 1. The van der Waals surface area contributed by atoms with Crippen LogP contribution in [0, 0.1) is 0 Å². The molecule has 14 heavy (non-hydrogen) atoms. The number of hydrogen-bond acceptors (Lipinski definition) is 2. The maximum absolute atomic E-state index is 10.6. The maximum atomic E-state index is 10.6. The molecule has 3 nitrogen and oxygen atoms in total. The molecule has 0 amide bonds. The second kappa shape index (κ2) is 3.86. The number of fused-ring (bicyclic) bond motifs is 1. The number of rotatable bonds is 2. The van der Waals surface area contributed by atoms with Gasteiger partial charge in [0.1, 0.15) is 0 Å². The quantitative estimate of drug-likeness (QED) is 0.766. The van der Waals surface area contributed by atoms with Gasteiger partial charge in [0.05, 0.1) is 11.3 Å². The summed E-state index contributed by atoms with van der Waals surface area (Å²) in [6.45, 7) is 0. The number of aromatic nitrogens is 1. The van der Waals surface area contributed by atoms with Crippen LogP contribution in [0.4, 0.5) is 0 Å². The highest BCUT2D eigenvalue weighted by atomic mass is 32.2. The number of pyridine rings is 1. The molecule has 4 heteroatoms. The van der Waals surface area contributed by atoms with Crippen LogP contribution < -0.4 is 0 Å². The van der Waals surface area contributed by atoms with Crippen LogP contribution in [0.25, 0.3) is 10.9 Å². The molecule has 1 aromatic carbocycles. The molecule has 0 radical (unpaired) electrons. The number of benzene rings is 1. The molecule has 1 heterocycles.